The van der Waals surface area contributed by atoms with Crippen LogP contribution in [-0.4, -0.2) is 17.2 Å². The Morgan fingerprint density at radius 3 is 2.29 bits per heavy atom. The molecule has 4 aromatic rings. The maximum Gasteiger partial charge on any atom is 0.0978 e. The zero-order valence-electron chi connectivity index (χ0n) is 19.4. The molecule has 156 valence electrons. The summed E-state index contributed by atoms with van der Waals surface area (Å²) in [5.41, 5.74) is 15.2. The maximum absolute atomic E-state index is 2.61. The van der Waals surface area contributed by atoms with Crippen LogP contribution in [0.3, 0.4) is 0 Å². The van der Waals surface area contributed by atoms with E-state index in [1.54, 1.807) is 10.8 Å². The summed E-state index contributed by atoms with van der Waals surface area (Å²) in [5.74, 6) is 0. The topological polar surface area (TPSA) is 9.86 Å². The van der Waals surface area contributed by atoms with Gasteiger partial charge >= 0.3 is 0 Å². The number of nitrogens with zero attached hydrogens (tertiary/aromatic N) is 2. The van der Waals surface area contributed by atoms with E-state index in [1.807, 2.05) is 0 Å². The van der Waals surface area contributed by atoms with E-state index in [4.69, 9.17) is 0 Å². The standard InChI is InChI=1S/C28H30N2Si/c1-17-15-23-21-13-9-10-14-22(21)28(26(23)29(17)3)31(5,6)27-18(2)30(4)24-16-19-11-7-8-12-20(19)25(24)27/h7-15,28H,16H2,1-6H3. The summed E-state index contributed by atoms with van der Waals surface area (Å²) in [6.45, 7) is 9.81. The monoisotopic (exact) mass is 422 g/mol. The third kappa shape index (κ3) is 2.28. The molecule has 31 heavy (non-hydrogen) atoms. The van der Waals surface area contributed by atoms with Gasteiger partial charge in [0, 0.05) is 60.0 Å². The van der Waals surface area contributed by atoms with Crippen LogP contribution in [0.25, 0.3) is 22.3 Å². The van der Waals surface area contributed by atoms with Crippen LogP contribution < -0.4 is 5.19 Å². The molecule has 2 aliphatic carbocycles. The van der Waals surface area contributed by atoms with Crippen LogP contribution >= 0.6 is 0 Å². The lowest BCUT2D eigenvalue weighted by Crippen LogP contribution is -2.49. The Morgan fingerprint density at radius 2 is 1.52 bits per heavy atom. The lowest BCUT2D eigenvalue weighted by Gasteiger charge is -2.33. The molecular weight excluding hydrogens is 392 g/mol. The van der Waals surface area contributed by atoms with Crippen molar-refractivity contribution in [2.75, 3.05) is 0 Å². The fourth-order valence-electron chi connectivity index (χ4n) is 6.58. The summed E-state index contributed by atoms with van der Waals surface area (Å²) in [6.07, 6.45) is 1.06. The summed E-state index contributed by atoms with van der Waals surface area (Å²) < 4.78 is 4.94. The molecule has 0 radical (unpaired) electrons. The van der Waals surface area contributed by atoms with Crippen molar-refractivity contribution in [3.05, 3.63) is 88.5 Å². The van der Waals surface area contributed by atoms with E-state index in [2.05, 4.69) is 105 Å². The molecule has 0 saturated carbocycles. The number of aromatic nitrogens is 2. The summed E-state index contributed by atoms with van der Waals surface area (Å²) in [4.78, 5) is 0. The van der Waals surface area contributed by atoms with Gasteiger partial charge in [-0.15, -0.1) is 0 Å². The third-order valence-corrected chi connectivity index (χ3v) is 12.1. The molecular formula is C28H30N2Si. The Balaban J connectivity index is 1.65. The van der Waals surface area contributed by atoms with Crippen LogP contribution in [0.2, 0.25) is 13.1 Å². The predicted octanol–water partition coefficient (Wildman–Crippen LogP) is 5.82. The molecule has 0 spiro atoms. The Morgan fingerprint density at radius 1 is 0.839 bits per heavy atom. The predicted molar refractivity (Wildman–Crippen MR) is 133 cm³/mol. The molecule has 2 aliphatic rings. The highest BCUT2D eigenvalue weighted by Gasteiger charge is 2.47. The van der Waals surface area contributed by atoms with Gasteiger partial charge in [0.2, 0.25) is 0 Å². The highest BCUT2D eigenvalue weighted by Crippen LogP contribution is 2.51. The van der Waals surface area contributed by atoms with Crippen molar-refractivity contribution in [1.29, 1.82) is 0 Å². The van der Waals surface area contributed by atoms with E-state index in [1.165, 1.54) is 50.6 Å². The van der Waals surface area contributed by atoms with Crippen molar-refractivity contribution in [2.24, 2.45) is 14.1 Å². The van der Waals surface area contributed by atoms with E-state index >= 15 is 0 Å². The average molecular weight is 423 g/mol. The first-order valence-electron chi connectivity index (χ1n) is 11.3. The van der Waals surface area contributed by atoms with Crippen LogP contribution in [0.4, 0.5) is 0 Å². The zero-order chi connectivity index (χ0) is 21.7. The molecule has 6 rings (SSSR count). The quantitative estimate of drug-likeness (QED) is 0.317. The first-order valence-corrected chi connectivity index (χ1v) is 14.4. The Hall–Kier alpha value is -2.78. The minimum Gasteiger partial charge on any atom is -0.351 e. The van der Waals surface area contributed by atoms with Crippen molar-refractivity contribution in [3.8, 4) is 22.3 Å². The number of fused-ring (bicyclic) bond motifs is 6. The molecule has 3 heteroatoms. The second-order valence-corrected chi connectivity index (χ2v) is 14.6. The molecule has 0 bridgehead atoms. The van der Waals surface area contributed by atoms with Crippen molar-refractivity contribution in [3.63, 3.8) is 0 Å². The van der Waals surface area contributed by atoms with Gasteiger partial charge < -0.3 is 9.13 Å². The lowest BCUT2D eigenvalue weighted by atomic mass is 10.1. The molecule has 2 nitrogen and oxygen atoms in total. The van der Waals surface area contributed by atoms with Gasteiger partial charge in [0.1, 0.15) is 0 Å². The normalized spacial score (nSPS) is 16.3. The molecule has 2 aromatic heterocycles. The van der Waals surface area contributed by atoms with Gasteiger partial charge in [-0.2, -0.15) is 0 Å². The van der Waals surface area contributed by atoms with Crippen molar-refractivity contribution < 1.29 is 0 Å². The van der Waals surface area contributed by atoms with Crippen LogP contribution in [0, 0.1) is 13.8 Å². The van der Waals surface area contributed by atoms with Gasteiger partial charge in [0.15, 0.2) is 0 Å². The van der Waals surface area contributed by atoms with Crippen LogP contribution in [0.15, 0.2) is 54.6 Å². The molecule has 0 N–H and O–H groups in total. The Labute approximate surface area is 186 Å². The lowest BCUT2D eigenvalue weighted by molar-refractivity contribution is 0.808. The third-order valence-electron chi connectivity index (χ3n) is 8.17. The number of hydrogen-bond acceptors (Lipinski definition) is 0. The van der Waals surface area contributed by atoms with Crippen molar-refractivity contribution >= 4 is 13.3 Å². The zero-order valence-corrected chi connectivity index (χ0v) is 20.4. The van der Waals surface area contributed by atoms with E-state index in [9.17, 15) is 0 Å². The molecule has 0 saturated heterocycles. The van der Waals surface area contributed by atoms with Crippen molar-refractivity contribution in [2.45, 2.75) is 38.9 Å². The van der Waals surface area contributed by atoms with Crippen LogP contribution in [0.5, 0.6) is 0 Å². The molecule has 0 fully saturated rings. The molecule has 0 aliphatic heterocycles. The van der Waals surface area contributed by atoms with Gasteiger partial charge in [0.25, 0.3) is 0 Å². The fourth-order valence-corrected chi connectivity index (χ4v) is 11.0. The Bertz CT molecular complexity index is 1380. The van der Waals surface area contributed by atoms with E-state index < -0.39 is 8.07 Å². The van der Waals surface area contributed by atoms with Gasteiger partial charge in [-0.1, -0.05) is 61.6 Å². The second kappa shape index (κ2) is 6.14. The van der Waals surface area contributed by atoms with Gasteiger partial charge in [-0.25, -0.2) is 0 Å². The number of benzene rings is 2. The molecule has 1 unspecified atom stereocenters. The second-order valence-electron chi connectivity index (χ2n) is 10.1. The molecule has 0 amide bonds. The minimum atomic E-state index is -1.96. The molecule has 1 atom stereocenters. The number of hydrogen-bond donors (Lipinski definition) is 0. The molecule has 2 aromatic carbocycles. The summed E-state index contributed by atoms with van der Waals surface area (Å²) >= 11 is 0. The van der Waals surface area contributed by atoms with Crippen LogP contribution in [0.1, 0.15) is 39.4 Å². The van der Waals surface area contributed by atoms with E-state index in [0.29, 0.717) is 5.54 Å². The molecule has 2 heterocycles. The van der Waals surface area contributed by atoms with E-state index in [0.717, 1.165) is 6.42 Å². The van der Waals surface area contributed by atoms with Gasteiger partial charge in [-0.05, 0) is 47.4 Å². The highest BCUT2D eigenvalue weighted by atomic mass is 28.3. The smallest absolute Gasteiger partial charge is 0.0978 e. The largest absolute Gasteiger partial charge is 0.351 e. The fraction of sp³-hybridized carbons (Fsp3) is 0.286. The highest BCUT2D eigenvalue weighted by molar-refractivity contribution is 6.93. The first kappa shape index (κ1) is 18.9. The average Bonchev–Trinajstić information content (AvgIpc) is 3.43. The number of rotatable bonds is 2. The summed E-state index contributed by atoms with van der Waals surface area (Å²) in [7, 11) is 2.57. The SMILES string of the molecule is Cc1cc2c(n1C)C([Si](C)(C)c1c3c(n(C)c1C)Cc1ccccc1-3)c1ccccc1-2. The number of aryl methyl sites for hydroxylation is 1. The van der Waals surface area contributed by atoms with Crippen LogP contribution in [-0.2, 0) is 20.5 Å². The first-order chi connectivity index (χ1) is 14.8. The summed E-state index contributed by atoms with van der Waals surface area (Å²) in [5, 5.41) is 1.65. The Kier molecular flexibility index (Phi) is 3.75. The van der Waals surface area contributed by atoms with E-state index in [-0.39, 0.29) is 0 Å². The van der Waals surface area contributed by atoms with Crippen molar-refractivity contribution in [1.82, 2.24) is 9.13 Å². The van der Waals surface area contributed by atoms with Gasteiger partial charge in [-0.3, -0.25) is 0 Å². The van der Waals surface area contributed by atoms with Gasteiger partial charge in [0.05, 0.1) is 8.07 Å². The minimum absolute atomic E-state index is 0.468. The maximum atomic E-state index is 2.61. The summed E-state index contributed by atoms with van der Waals surface area (Å²) in [6, 6.07) is 20.6.